The summed E-state index contributed by atoms with van der Waals surface area (Å²) >= 11 is 0. The van der Waals surface area contributed by atoms with Gasteiger partial charge in [0.15, 0.2) is 0 Å². The zero-order valence-corrected chi connectivity index (χ0v) is 13.5. The maximum absolute atomic E-state index is 13.0. The summed E-state index contributed by atoms with van der Waals surface area (Å²) in [5, 5.41) is 5.39. The SMILES string of the molecule is CC(=O)NC1CN(C(=O)N[C@@H](C)Cc2ccccc2C(F)(F)F)C1. The molecule has 1 aromatic carbocycles. The van der Waals surface area contributed by atoms with E-state index in [0.717, 1.165) is 6.07 Å². The van der Waals surface area contributed by atoms with Crippen molar-refractivity contribution in [1.82, 2.24) is 15.5 Å². The molecule has 1 atom stereocenters. The monoisotopic (exact) mass is 343 g/mol. The predicted octanol–water partition coefficient (Wildman–Crippen LogP) is 2.17. The summed E-state index contributed by atoms with van der Waals surface area (Å²) in [5.74, 6) is -0.155. The van der Waals surface area contributed by atoms with Crippen LogP contribution in [0.15, 0.2) is 24.3 Å². The van der Waals surface area contributed by atoms with E-state index in [2.05, 4.69) is 10.6 Å². The second-order valence-corrected chi connectivity index (χ2v) is 6.01. The molecular formula is C16H20F3N3O2. The number of rotatable bonds is 4. The van der Waals surface area contributed by atoms with Crippen LogP contribution in [0.3, 0.4) is 0 Å². The number of alkyl halides is 3. The molecule has 1 fully saturated rings. The Morgan fingerprint density at radius 3 is 2.50 bits per heavy atom. The third-order valence-electron chi connectivity index (χ3n) is 3.79. The highest BCUT2D eigenvalue weighted by atomic mass is 19.4. The molecule has 0 bridgehead atoms. The lowest BCUT2D eigenvalue weighted by Crippen LogP contribution is -2.63. The number of hydrogen-bond donors (Lipinski definition) is 2. The average molecular weight is 343 g/mol. The van der Waals surface area contributed by atoms with Gasteiger partial charge in [0.2, 0.25) is 5.91 Å². The molecule has 3 amide bonds. The van der Waals surface area contributed by atoms with Gasteiger partial charge in [-0.05, 0) is 25.0 Å². The fraction of sp³-hybridized carbons (Fsp3) is 0.500. The van der Waals surface area contributed by atoms with Gasteiger partial charge in [0.05, 0.1) is 11.6 Å². The number of carbonyl (C=O) groups is 2. The van der Waals surface area contributed by atoms with E-state index in [4.69, 9.17) is 0 Å². The van der Waals surface area contributed by atoms with E-state index >= 15 is 0 Å². The van der Waals surface area contributed by atoms with Crippen LogP contribution in [0.4, 0.5) is 18.0 Å². The Labute approximate surface area is 138 Å². The van der Waals surface area contributed by atoms with Gasteiger partial charge in [0.25, 0.3) is 0 Å². The first-order valence-electron chi connectivity index (χ1n) is 7.64. The summed E-state index contributed by atoms with van der Waals surface area (Å²) < 4.78 is 38.9. The van der Waals surface area contributed by atoms with E-state index in [1.807, 2.05) is 0 Å². The largest absolute Gasteiger partial charge is 0.416 e. The lowest BCUT2D eigenvalue weighted by molar-refractivity contribution is -0.138. The molecule has 24 heavy (non-hydrogen) atoms. The van der Waals surface area contributed by atoms with Crippen molar-refractivity contribution >= 4 is 11.9 Å². The molecule has 2 rings (SSSR count). The maximum atomic E-state index is 13.0. The van der Waals surface area contributed by atoms with Crippen molar-refractivity contribution in [2.45, 2.75) is 38.5 Å². The molecule has 132 valence electrons. The number of likely N-dealkylation sites (tertiary alicyclic amines) is 1. The maximum Gasteiger partial charge on any atom is 0.416 e. The summed E-state index contributed by atoms with van der Waals surface area (Å²) in [6.07, 6.45) is -4.33. The second kappa shape index (κ2) is 7.11. The van der Waals surface area contributed by atoms with Gasteiger partial charge in [0, 0.05) is 26.1 Å². The molecular weight excluding hydrogens is 323 g/mol. The molecule has 0 aromatic heterocycles. The average Bonchev–Trinajstić information content (AvgIpc) is 2.41. The number of hydrogen-bond acceptors (Lipinski definition) is 2. The Hall–Kier alpha value is -2.25. The number of nitrogens with one attached hydrogen (secondary N) is 2. The smallest absolute Gasteiger partial charge is 0.350 e. The predicted molar refractivity (Wildman–Crippen MR) is 82.3 cm³/mol. The quantitative estimate of drug-likeness (QED) is 0.880. The summed E-state index contributed by atoms with van der Waals surface area (Å²) in [6, 6.07) is 4.51. The Balaban J connectivity index is 1.87. The number of nitrogens with zero attached hydrogens (tertiary/aromatic N) is 1. The minimum Gasteiger partial charge on any atom is -0.350 e. The van der Waals surface area contributed by atoms with Crippen molar-refractivity contribution in [3.63, 3.8) is 0 Å². The van der Waals surface area contributed by atoms with Crippen molar-refractivity contribution < 1.29 is 22.8 Å². The van der Waals surface area contributed by atoms with Crippen molar-refractivity contribution in [3.8, 4) is 0 Å². The molecule has 1 saturated heterocycles. The van der Waals surface area contributed by atoms with E-state index in [-0.39, 0.29) is 30.0 Å². The first-order chi connectivity index (χ1) is 11.2. The zero-order chi connectivity index (χ0) is 17.9. The molecule has 8 heteroatoms. The van der Waals surface area contributed by atoms with Crippen LogP contribution in [0.2, 0.25) is 0 Å². The Kier molecular flexibility index (Phi) is 5.36. The standard InChI is InChI=1S/C16H20F3N3O2/c1-10(7-12-5-3-4-6-14(12)16(17,18)19)20-15(24)22-8-13(9-22)21-11(2)23/h3-6,10,13H,7-9H2,1-2H3,(H,20,24)(H,21,23)/t10-/m0/s1. The van der Waals surface area contributed by atoms with Gasteiger partial charge >= 0.3 is 12.2 Å². The molecule has 0 spiro atoms. The van der Waals surface area contributed by atoms with E-state index < -0.39 is 17.8 Å². The minimum absolute atomic E-state index is 0.0606. The molecule has 1 aromatic rings. The van der Waals surface area contributed by atoms with Crippen LogP contribution < -0.4 is 10.6 Å². The fourth-order valence-corrected chi connectivity index (χ4v) is 2.68. The van der Waals surface area contributed by atoms with Gasteiger partial charge in [-0.25, -0.2) is 4.79 Å². The number of halogens is 3. The zero-order valence-electron chi connectivity index (χ0n) is 13.5. The molecule has 0 aliphatic carbocycles. The summed E-state index contributed by atoms with van der Waals surface area (Å²) in [5.41, 5.74) is -0.529. The molecule has 1 heterocycles. The first-order valence-corrected chi connectivity index (χ1v) is 7.64. The number of amides is 3. The number of carbonyl (C=O) groups excluding carboxylic acids is 2. The third-order valence-corrected chi connectivity index (χ3v) is 3.79. The van der Waals surface area contributed by atoms with Gasteiger partial charge in [-0.3, -0.25) is 4.79 Å². The van der Waals surface area contributed by atoms with Crippen LogP contribution in [0.25, 0.3) is 0 Å². The molecule has 0 unspecified atom stereocenters. The summed E-state index contributed by atoms with van der Waals surface area (Å²) in [6.45, 7) is 3.87. The van der Waals surface area contributed by atoms with Crippen LogP contribution in [-0.2, 0) is 17.4 Å². The highest BCUT2D eigenvalue weighted by molar-refractivity contribution is 5.77. The van der Waals surface area contributed by atoms with Crippen molar-refractivity contribution in [1.29, 1.82) is 0 Å². The third kappa shape index (κ3) is 4.62. The van der Waals surface area contributed by atoms with E-state index in [1.54, 1.807) is 13.0 Å². The minimum atomic E-state index is -4.41. The Bertz CT molecular complexity index is 613. The second-order valence-electron chi connectivity index (χ2n) is 6.01. The molecule has 1 aliphatic heterocycles. The fourth-order valence-electron chi connectivity index (χ4n) is 2.68. The molecule has 0 radical (unpaired) electrons. The summed E-state index contributed by atoms with van der Waals surface area (Å²) in [7, 11) is 0. The number of urea groups is 1. The van der Waals surface area contributed by atoms with Crippen LogP contribution in [0, 0.1) is 0 Å². The lowest BCUT2D eigenvalue weighted by atomic mass is 10.0. The van der Waals surface area contributed by atoms with Gasteiger partial charge in [-0.1, -0.05) is 18.2 Å². The van der Waals surface area contributed by atoms with Crippen LogP contribution in [0.5, 0.6) is 0 Å². The van der Waals surface area contributed by atoms with Gasteiger partial charge in [0.1, 0.15) is 0 Å². The highest BCUT2D eigenvalue weighted by Gasteiger charge is 2.34. The Morgan fingerprint density at radius 2 is 1.92 bits per heavy atom. The van der Waals surface area contributed by atoms with Crippen LogP contribution in [0.1, 0.15) is 25.0 Å². The molecule has 2 N–H and O–H groups in total. The number of benzene rings is 1. The normalized spacial score (nSPS) is 16.3. The van der Waals surface area contributed by atoms with Crippen molar-refractivity contribution in [2.75, 3.05) is 13.1 Å². The van der Waals surface area contributed by atoms with Crippen molar-refractivity contribution in [3.05, 3.63) is 35.4 Å². The molecule has 0 saturated carbocycles. The van der Waals surface area contributed by atoms with Crippen molar-refractivity contribution in [2.24, 2.45) is 0 Å². The van der Waals surface area contributed by atoms with Crippen LogP contribution >= 0.6 is 0 Å². The topological polar surface area (TPSA) is 61.4 Å². The van der Waals surface area contributed by atoms with Gasteiger partial charge in [-0.2, -0.15) is 13.2 Å². The van der Waals surface area contributed by atoms with Gasteiger partial charge < -0.3 is 15.5 Å². The van der Waals surface area contributed by atoms with E-state index in [0.29, 0.717) is 13.1 Å². The Morgan fingerprint density at radius 1 is 1.29 bits per heavy atom. The van der Waals surface area contributed by atoms with E-state index in [1.165, 1.54) is 24.0 Å². The summed E-state index contributed by atoms with van der Waals surface area (Å²) in [4.78, 5) is 24.4. The first kappa shape index (κ1) is 18.1. The van der Waals surface area contributed by atoms with Crippen LogP contribution in [-0.4, -0.2) is 42.0 Å². The van der Waals surface area contributed by atoms with E-state index in [9.17, 15) is 22.8 Å². The lowest BCUT2D eigenvalue weighted by Gasteiger charge is -2.39. The molecule has 5 nitrogen and oxygen atoms in total. The highest BCUT2D eigenvalue weighted by Crippen LogP contribution is 2.32. The van der Waals surface area contributed by atoms with Gasteiger partial charge in [-0.15, -0.1) is 0 Å². The molecule has 1 aliphatic rings.